The maximum absolute atomic E-state index is 10.1. The van der Waals surface area contributed by atoms with E-state index in [-0.39, 0.29) is 13.2 Å². The van der Waals surface area contributed by atoms with E-state index in [1.54, 1.807) is 7.11 Å². The van der Waals surface area contributed by atoms with Crippen LogP contribution in [0.3, 0.4) is 0 Å². The van der Waals surface area contributed by atoms with E-state index < -0.39 is 37.3 Å². The van der Waals surface area contributed by atoms with Crippen molar-refractivity contribution in [3.8, 4) is 22.6 Å². The highest BCUT2D eigenvalue weighted by molar-refractivity contribution is 6.06. The van der Waals surface area contributed by atoms with E-state index in [1.807, 2.05) is 30.3 Å². The SMILES string of the molecule is COc1ccc2cccc(-c3cccc4ccc(OCCO[C@@H]5O[C@H](CO)[C@@H](O)[C@H](O)[C@H]5N)cc34)c2c1. The van der Waals surface area contributed by atoms with Crippen LogP contribution in [0.2, 0.25) is 0 Å². The molecular weight excluding hydrogens is 474 g/mol. The first kappa shape index (κ1) is 25.4. The second-order valence-corrected chi connectivity index (χ2v) is 9.08. The molecule has 4 aromatic rings. The fraction of sp³-hybridized carbons (Fsp3) is 0.310. The molecular formula is C29H31NO7. The van der Waals surface area contributed by atoms with E-state index in [9.17, 15) is 15.3 Å². The quantitative estimate of drug-likeness (QED) is 0.270. The molecule has 0 aromatic heterocycles. The number of nitrogens with two attached hydrogens (primary N) is 1. The van der Waals surface area contributed by atoms with Gasteiger partial charge in [0, 0.05) is 0 Å². The summed E-state index contributed by atoms with van der Waals surface area (Å²) in [6.07, 6.45) is -4.46. The van der Waals surface area contributed by atoms with Gasteiger partial charge in [-0.05, 0) is 56.9 Å². The van der Waals surface area contributed by atoms with Gasteiger partial charge in [0.05, 0.1) is 26.4 Å². The zero-order chi connectivity index (χ0) is 25.9. The molecule has 1 saturated heterocycles. The van der Waals surface area contributed by atoms with Crippen LogP contribution >= 0.6 is 0 Å². The average molecular weight is 506 g/mol. The van der Waals surface area contributed by atoms with Crippen molar-refractivity contribution >= 4 is 21.5 Å². The van der Waals surface area contributed by atoms with E-state index >= 15 is 0 Å². The number of hydrogen-bond acceptors (Lipinski definition) is 8. The van der Waals surface area contributed by atoms with E-state index in [0.717, 1.165) is 38.4 Å². The third-order valence-corrected chi connectivity index (χ3v) is 6.80. The lowest BCUT2D eigenvalue weighted by atomic mass is 9.94. The number of aliphatic hydroxyl groups excluding tert-OH is 3. The lowest BCUT2D eigenvalue weighted by Gasteiger charge is -2.40. The molecule has 194 valence electrons. The lowest BCUT2D eigenvalue weighted by Crippen LogP contribution is -2.62. The van der Waals surface area contributed by atoms with Crippen molar-refractivity contribution in [3.05, 3.63) is 72.8 Å². The van der Waals surface area contributed by atoms with Crippen molar-refractivity contribution in [2.45, 2.75) is 30.6 Å². The van der Waals surface area contributed by atoms with E-state index in [0.29, 0.717) is 5.75 Å². The highest BCUT2D eigenvalue weighted by Crippen LogP contribution is 2.36. The standard InChI is InChI=1S/C29H31NO7/c1-34-19-10-8-17-4-2-6-21(23(17)14-19)22-7-3-5-18-9-11-20(15-24(18)22)35-12-13-36-29-26(30)28(33)27(32)25(16-31)37-29/h2-11,14-15,25-29,31-33H,12-13,16,30H2,1H3/t25-,26-,27-,28-,29-/m1/s1. The van der Waals surface area contributed by atoms with Gasteiger partial charge in [-0.2, -0.15) is 0 Å². The van der Waals surface area contributed by atoms with Gasteiger partial charge in [-0.1, -0.05) is 48.5 Å². The summed E-state index contributed by atoms with van der Waals surface area (Å²) in [5.41, 5.74) is 8.11. The Balaban J connectivity index is 1.33. The minimum Gasteiger partial charge on any atom is -0.497 e. The summed E-state index contributed by atoms with van der Waals surface area (Å²) in [6.45, 7) is -0.0967. The molecule has 1 fully saturated rings. The van der Waals surface area contributed by atoms with Crippen LogP contribution in [0, 0.1) is 0 Å². The summed E-state index contributed by atoms with van der Waals surface area (Å²) >= 11 is 0. The van der Waals surface area contributed by atoms with E-state index in [1.165, 1.54) is 0 Å². The Kier molecular flexibility index (Phi) is 7.57. The Morgan fingerprint density at radius 2 is 1.43 bits per heavy atom. The summed E-state index contributed by atoms with van der Waals surface area (Å²) in [5.74, 6) is 1.48. The van der Waals surface area contributed by atoms with Crippen LogP contribution < -0.4 is 15.2 Å². The molecule has 0 radical (unpaired) electrons. The van der Waals surface area contributed by atoms with Crippen molar-refractivity contribution < 1.29 is 34.3 Å². The Labute approximate surface area is 214 Å². The molecule has 5 rings (SSSR count). The fourth-order valence-corrected chi connectivity index (χ4v) is 4.77. The Morgan fingerprint density at radius 1 is 0.811 bits per heavy atom. The first-order valence-electron chi connectivity index (χ1n) is 12.2. The first-order chi connectivity index (χ1) is 18.0. The molecule has 8 nitrogen and oxygen atoms in total. The molecule has 1 aliphatic heterocycles. The van der Waals surface area contributed by atoms with Gasteiger partial charge in [0.25, 0.3) is 0 Å². The van der Waals surface area contributed by atoms with Crippen LogP contribution in [0.5, 0.6) is 11.5 Å². The van der Waals surface area contributed by atoms with E-state index in [4.69, 9.17) is 24.7 Å². The zero-order valence-corrected chi connectivity index (χ0v) is 20.5. The summed E-state index contributed by atoms with van der Waals surface area (Å²) < 4.78 is 22.6. The largest absolute Gasteiger partial charge is 0.497 e. The average Bonchev–Trinajstić information content (AvgIpc) is 2.94. The molecule has 5 atom stereocenters. The van der Waals surface area contributed by atoms with Crippen LogP contribution in [0.15, 0.2) is 72.8 Å². The molecule has 0 aliphatic carbocycles. The van der Waals surface area contributed by atoms with Crippen LogP contribution in [0.4, 0.5) is 0 Å². The van der Waals surface area contributed by atoms with Gasteiger partial charge in [-0.3, -0.25) is 0 Å². The van der Waals surface area contributed by atoms with Gasteiger partial charge in [0.1, 0.15) is 36.4 Å². The predicted molar refractivity (Wildman–Crippen MR) is 141 cm³/mol. The predicted octanol–water partition coefficient (Wildman–Crippen LogP) is 2.83. The molecule has 0 spiro atoms. The number of methoxy groups -OCH3 is 1. The maximum atomic E-state index is 10.1. The second-order valence-electron chi connectivity index (χ2n) is 9.08. The van der Waals surface area contributed by atoms with Crippen molar-refractivity contribution in [2.24, 2.45) is 5.73 Å². The van der Waals surface area contributed by atoms with Gasteiger partial charge < -0.3 is 40.0 Å². The smallest absolute Gasteiger partial charge is 0.175 e. The number of rotatable bonds is 8. The third kappa shape index (κ3) is 5.13. The van der Waals surface area contributed by atoms with Gasteiger partial charge in [-0.25, -0.2) is 0 Å². The number of aliphatic hydroxyl groups is 3. The van der Waals surface area contributed by atoms with E-state index in [2.05, 4.69) is 42.5 Å². The van der Waals surface area contributed by atoms with Crippen LogP contribution in [0.1, 0.15) is 0 Å². The molecule has 8 heteroatoms. The molecule has 0 saturated carbocycles. The van der Waals surface area contributed by atoms with Gasteiger partial charge in [0.15, 0.2) is 6.29 Å². The highest BCUT2D eigenvalue weighted by atomic mass is 16.7. The summed E-state index contributed by atoms with van der Waals surface area (Å²) in [4.78, 5) is 0. The minimum absolute atomic E-state index is 0.141. The fourth-order valence-electron chi connectivity index (χ4n) is 4.77. The van der Waals surface area contributed by atoms with Crippen molar-refractivity contribution in [1.29, 1.82) is 0 Å². The van der Waals surface area contributed by atoms with Crippen LogP contribution in [-0.4, -0.2) is 72.9 Å². The van der Waals surface area contributed by atoms with Crippen LogP contribution in [-0.2, 0) is 9.47 Å². The second kappa shape index (κ2) is 11.0. The molecule has 0 bridgehead atoms. The highest BCUT2D eigenvalue weighted by Gasteiger charge is 2.42. The number of ether oxygens (including phenoxy) is 4. The summed E-state index contributed by atoms with van der Waals surface area (Å²) in [7, 11) is 1.67. The molecule has 1 heterocycles. The third-order valence-electron chi connectivity index (χ3n) is 6.80. The Bertz CT molecular complexity index is 1380. The first-order valence-corrected chi connectivity index (χ1v) is 12.2. The molecule has 37 heavy (non-hydrogen) atoms. The topological polar surface area (TPSA) is 124 Å². The summed E-state index contributed by atoms with van der Waals surface area (Å²) in [6, 6.07) is 23.5. The Hall–Kier alpha value is -3.24. The minimum atomic E-state index is -1.27. The monoisotopic (exact) mass is 505 g/mol. The molecule has 0 unspecified atom stereocenters. The number of benzene rings is 4. The van der Waals surface area contributed by atoms with Gasteiger partial charge >= 0.3 is 0 Å². The molecule has 0 amide bonds. The van der Waals surface area contributed by atoms with Gasteiger partial charge in [-0.15, -0.1) is 0 Å². The van der Waals surface area contributed by atoms with Crippen molar-refractivity contribution in [3.63, 3.8) is 0 Å². The van der Waals surface area contributed by atoms with Crippen molar-refractivity contribution in [1.82, 2.24) is 0 Å². The zero-order valence-electron chi connectivity index (χ0n) is 20.5. The molecule has 5 N–H and O–H groups in total. The summed E-state index contributed by atoms with van der Waals surface area (Å²) in [5, 5.41) is 33.7. The van der Waals surface area contributed by atoms with Gasteiger partial charge in [0.2, 0.25) is 0 Å². The Morgan fingerprint density at radius 3 is 2.05 bits per heavy atom. The normalized spacial score (nSPS) is 23.9. The van der Waals surface area contributed by atoms with Crippen LogP contribution in [0.25, 0.3) is 32.7 Å². The van der Waals surface area contributed by atoms with Crippen molar-refractivity contribution in [2.75, 3.05) is 26.9 Å². The lowest BCUT2D eigenvalue weighted by molar-refractivity contribution is -0.266. The molecule has 1 aliphatic rings. The maximum Gasteiger partial charge on any atom is 0.175 e. The number of hydrogen-bond donors (Lipinski definition) is 4. The molecule has 4 aromatic carbocycles. The number of fused-ring (bicyclic) bond motifs is 2.